The number of nitrogens with zero attached hydrogens (tertiary/aromatic N) is 2. The first kappa shape index (κ1) is 17.5. The van der Waals surface area contributed by atoms with Crippen molar-refractivity contribution in [2.45, 2.75) is 52.0 Å². The first-order chi connectivity index (χ1) is 12.2. The van der Waals surface area contributed by atoms with E-state index in [2.05, 4.69) is 28.2 Å². The molecule has 2 heterocycles. The highest BCUT2D eigenvalue weighted by Gasteiger charge is 2.21. The van der Waals surface area contributed by atoms with E-state index in [0.717, 1.165) is 24.2 Å². The van der Waals surface area contributed by atoms with Crippen LogP contribution in [0.15, 0.2) is 42.6 Å². The summed E-state index contributed by atoms with van der Waals surface area (Å²) in [5.41, 5.74) is 3.34. The minimum absolute atomic E-state index is 0.0322. The van der Waals surface area contributed by atoms with Crippen molar-refractivity contribution in [1.82, 2.24) is 4.98 Å². The number of hydrogen-bond donors (Lipinski definition) is 1. The molecule has 1 aromatic heterocycles. The van der Waals surface area contributed by atoms with E-state index >= 15 is 0 Å². The maximum absolute atomic E-state index is 12.2. The zero-order chi connectivity index (χ0) is 17.6. The Hall–Kier alpha value is -2.36. The SMILES string of the molecule is CCC1CCCCN1c1ccc(NC(=O)Cc2cccc(C)c2)nc1. The zero-order valence-corrected chi connectivity index (χ0v) is 15.2. The summed E-state index contributed by atoms with van der Waals surface area (Å²) in [5, 5.41) is 2.90. The Bertz CT molecular complexity index is 711. The Morgan fingerprint density at radius 2 is 2.16 bits per heavy atom. The van der Waals surface area contributed by atoms with Crippen LogP contribution >= 0.6 is 0 Å². The van der Waals surface area contributed by atoms with Crippen molar-refractivity contribution in [2.24, 2.45) is 0 Å². The van der Waals surface area contributed by atoms with Crippen LogP contribution < -0.4 is 10.2 Å². The minimum atomic E-state index is -0.0322. The van der Waals surface area contributed by atoms with Crippen LogP contribution in [0.25, 0.3) is 0 Å². The maximum Gasteiger partial charge on any atom is 0.229 e. The molecule has 25 heavy (non-hydrogen) atoms. The second-order valence-corrected chi connectivity index (χ2v) is 6.87. The highest BCUT2D eigenvalue weighted by Crippen LogP contribution is 2.26. The molecule has 2 aromatic rings. The number of benzene rings is 1. The number of aryl methyl sites for hydroxylation is 1. The summed E-state index contributed by atoms with van der Waals surface area (Å²) in [4.78, 5) is 19.1. The standard InChI is InChI=1S/C21H27N3O/c1-3-18-9-4-5-12-24(18)19-10-11-20(22-15-19)23-21(25)14-17-8-6-7-16(2)13-17/h6-8,10-11,13,15,18H,3-5,9,12,14H2,1-2H3,(H,22,23,25). The quantitative estimate of drug-likeness (QED) is 0.883. The average Bonchev–Trinajstić information content (AvgIpc) is 2.62. The first-order valence-electron chi connectivity index (χ1n) is 9.24. The molecule has 4 nitrogen and oxygen atoms in total. The van der Waals surface area contributed by atoms with Crippen LogP contribution in [0.3, 0.4) is 0 Å². The second-order valence-electron chi connectivity index (χ2n) is 6.87. The van der Waals surface area contributed by atoms with Crippen molar-refractivity contribution >= 4 is 17.4 Å². The van der Waals surface area contributed by atoms with Crippen molar-refractivity contribution in [1.29, 1.82) is 0 Å². The molecule has 0 spiro atoms. The smallest absolute Gasteiger partial charge is 0.229 e. The van der Waals surface area contributed by atoms with Crippen LogP contribution in [0.1, 0.15) is 43.7 Å². The second kappa shape index (κ2) is 8.15. The van der Waals surface area contributed by atoms with Gasteiger partial charge in [0.15, 0.2) is 0 Å². The fourth-order valence-corrected chi connectivity index (χ4v) is 3.59. The predicted octanol–water partition coefficient (Wildman–Crippen LogP) is 4.34. The highest BCUT2D eigenvalue weighted by molar-refractivity contribution is 5.91. The Labute approximate surface area is 150 Å². The number of carbonyl (C=O) groups is 1. The maximum atomic E-state index is 12.2. The Balaban J connectivity index is 1.61. The summed E-state index contributed by atoms with van der Waals surface area (Å²) in [6.07, 6.45) is 7.23. The molecule has 1 fully saturated rings. The van der Waals surface area contributed by atoms with Crippen molar-refractivity contribution in [3.8, 4) is 0 Å². The molecule has 0 aliphatic carbocycles. The molecule has 1 amide bonds. The molecular formula is C21H27N3O. The molecule has 1 aliphatic rings. The lowest BCUT2D eigenvalue weighted by atomic mass is 9.99. The molecule has 132 valence electrons. The number of nitrogens with one attached hydrogen (secondary N) is 1. The topological polar surface area (TPSA) is 45.2 Å². The van der Waals surface area contributed by atoms with Gasteiger partial charge in [-0.15, -0.1) is 0 Å². The van der Waals surface area contributed by atoms with Crippen LogP contribution in [0.4, 0.5) is 11.5 Å². The van der Waals surface area contributed by atoms with E-state index in [1.165, 1.54) is 24.8 Å². The molecule has 0 bridgehead atoms. The summed E-state index contributed by atoms with van der Waals surface area (Å²) in [6.45, 7) is 5.38. The van der Waals surface area contributed by atoms with Gasteiger partial charge in [-0.25, -0.2) is 4.98 Å². The van der Waals surface area contributed by atoms with E-state index < -0.39 is 0 Å². The van der Waals surface area contributed by atoms with Gasteiger partial charge in [0, 0.05) is 12.6 Å². The van der Waals surface area contributed by atoms with Gasteiger partial charge in [-0.3, -0.25) is 4.79 Å². The third-order valence-corrected chi connectivity index (χ3v) is 4.89. The van der Waals surface area contributed by atoms with Crippen LogP contribution in [0.5, 0.6) is 0 Å². The third kappa shape index (κ3) is 4.59. The van der Waals surface area contributed by atoms with Gasteiger partial charge < -0.3 is 10.2 Å². The van der Waals surface area contributed by atoms with Crippen molar-refractivity contribution in [3.63, 3.8) is 0 Å². The van der Waals surface area contributed by atoms with Crippen molar-refractivity contribution < 1.29 is 4.79 Å². The van der Waals surface area contributed by atoms with Gasteiger partial charge in [-0.1, -0.05) is 36.8 Å². The summed E-state index contributed by atoms with van der Waals surface area (Å²) in [7, 11) is 0. The molecule has 1 aromatic carbocycles. The number of rotatable bonds is 5. The summed E-state index contributed by atoms with van der Waals surface area (Å²) in [6, 6.07) is 12.6. The predicted molar refractivity (Wildman–Crippen MR) is 103 cm³/mol. The Morgan fingerprint density at radius 3 is 2.88 bits per heavy atom. The lowest BCUT2D eigenvalue weighted by molar-refractivity contribution is -0.115. The number of anilines is 2. The number of amides is 1. The number of piperidine rings is 1. The van der Waals surface area contributed by atoms with E-state index in [0.29, 0.717) is 18.3 Å². The summed E-state index contributed by atoms with van der Waals surface area (Å²) < 4.78 is 0. The number of pyridine rings is 1. The summed E-state index contributed by atoms with van der Waals surface area (Å²) in [5.74, 6) is 0.585. The molecule has 1 saturated heterocycles. The van der Waals surface area contributed by atoms with Gasteiger partial charge in [0.25, 0.3) is 0 Å². The lowest BCUT2D eigenvalue weighted by Gasteiger charge is -2.37. The third-order valence-electron chi connectivity index (χ3n) is 4.89. The van der Waals surface area contributed by atoms with Crippen molar-refractivity contribution in [2.75, 3.05) is 16.8 Å². The summed E-state index contributed by atoms with van der Waals surface area (Å²) >= 11 is 0. The normalized spacial score (nSPS) is 17.4. The van der Waals surface area contributed by atoms with Crippen molar-refractivity contribution in [3.05, 3.63) is 53.7 Å². The van der Waals surface area contributed by atoms with Crippen LogP contribution in [0.2, 0.25) is 0 Å². The number of aromatic nitrogens is 1. The van der Waals surface area contributed by atoms with Gasteiger partial charge in [0.05, 0.1) is 18.3 Å². The Morgan fingerprint density at radius 1 is 1.28 bits per heavy atom. The van der Waals surface area contributed by atoms with Gasteiger partial charge in [0.2, 0.25) is 5.91 Å². The molecule has 3 rings (SSSR count). The van der Waals surface area contributed by atoms with Gasteiger partial charge in [0.1, 0.15) is 5.82 Å². The monoisotopic (exact) mass is 337 g/mol. The van der Waals surface area contributed by atoms with Crippen LogP contribution in [-0.4, -0.2) is 23.5 Å². The first-order valence-corrected chi connectivity index (χ1v) is 9.24. The molecular weight excluding hydrogens is 310 g/mol. The fraction of sp³-hybridized carbons (Fsp3) is 0.429. The fourth-order valence-electron chi connectivity index (χ4n) is 3.59. The lowest BCUT2D eigenvalue weighted by Crippen LogP contribution is -2.39. The van der Waals surface area contributed by atoms with Crippen LogP contribution in [-0.2, 0) is 11.2 Å². The zero-order valence-electron chi connectivity index (χ0n) is 15.2. The molecule has 0 radical (unpaired) electrons. The van der Waals surface area contributed by atoms with E-state index in [1.807, 2.05) is 43.5 Å². The molecule has 0 saturated carbocycles. The van der Waals surface area contributed by atoms with Gasteiger partial charge >= 0.3 is 0 Å². The molecule has 1 aliphatic heterocycles. The van der Waals surface area contributed by atoms with Crippen LogP contribution in [0, 0.1) is 6.92 Å². The van der Waals surface area contributed by atoms with E-state index in [9.17, 15) is 4.79 Å². The largest absolute Gasteiger partial charge is 0.367 e. The van der Waals surface area contributed by atoms with E-state index in [-0.39, 0.29) is 5.91 Å². The van der Waals surface area contributed by atoms with Gasteiger partial charge in [-0.2, -0.15) is 0 Å². The molecule has 4 heteroatoms. The Kier molecular flexibility index (Phi) is 5.69. The average molecular weight is 337 g/mol. The van der Waals surface area contributed by atoms with E-state index in [1.54, 1.807) is 0 Å². The molecule has 1 atom stereocenters. The number of hydrogen-bond acceptors (Lipinski definition) is 3. The number of carbonyl (C=O) groups excluding carboxylic acids is 1. The van der Waals surface area contributed by atoms with E-state index in [4.69, 9.17) is 0 Å². The minimum Gasteiger partial charge on any atom is -0.367 e. The van der Waals surface area contributed by atoms with Gasteiger partial charge in [-0.05, 0) is 50.3 Å². The molecule has 1 unspecified atom stereocenters. The highest BCUT2D eigenvalue weighted by atomic mass is 16.1. The molecule has 1 N–H and O–H groups in total.